The summed E-state index contributed by atoms with van der Waals surface area (Å²) in [6.07, 6.45) is 1.55. The molecule has 0 saturated heterocycles. The van der Waals surface area contributed by atoms with Gasteiger partial charge in [-0.05, 0) is 36.2 Å². The van der Waals surface area contributed by atoms with Gasteiger partial charge in [0, 0.05) is 18.8 Å². The van der Waals surface area contributed by atoms with Crippen LogP contribution in [0.1, 0.15) is 44.9 Å². The molecule has 0 fully saturated rings. The number of esters is 1. The van der Waals surface area contributed by atoms with Gasteiger partial charge in [-0.25, -0.2) is 4.79 Å². The number of benzene rings is 2. The monoisotopic (exact) mass is 420 g/mol. The Morgan fingerprint density at radius 2 is 1.65 bits per heavy atom. The summed E-state index contributed by atoms with van der Waals surface area (Å²) in [6.45, 7) is 0.972. The van der Waals surface area contributed by atoms with Crippen LogP contribution >= 0.6 is 0 Å². The van der Waals surface area contributed by atoms with Crippen LogP contribution in [0, 0.1) is 0 Å². The number of carbonyl (C=O) groups excluding carboxylic acids is 3. The van der Waals surface area contributed by atoms with Crippen LogP contribution in [0.4, 0.5) is 0 Å². The van der Waals surface area contributed by atoms with Crippen LogP contribution < -0.4 is 10.1 Å². The fraction of sp³-hybridized carbons (Fsp3) is 0.208. The molecule has 160 valence electrons. The Hall–Kier alpha value is -3.87. The first-order valence-corrected chi connectivity index (χ1v) is 9.71. The minimum atomic E-state index is -0.675. The van der Waals surface area contributed by atoms with Crippen molar-refractivity contribution in [2.75, 3.05) is 13.7 Å². The van der Waals surface area contributed by atoms with Gasteiger partial charge in [0.2, 0.25) is 0 Å². The number of methoxy groups -OCH3 is 1. The highest BCUT2D eigenvalue weighted by molar-refractivity contribution is 5.98. The summed E-state index contributed by atoms with van der Waals surface area (Å²) in [5, 5.41) is 2.91. The molecule has 1 heterocycles. The lowest BCUT2D eigenvalue weighted by Crippen LogP contribution is -2.33. The molecule has 7 nitrogen and oxygen atoms in total. The van der Waals surface area contributed by atoms with Gasteiger partial charge in [0.05, 0.1) is 13.2 Å². The molecule has 2 aromatic carbocycles. The minimum Gasteiger partial charge on any atom is -0.497 e. The number of hydrogen-bond acceptors (Lipinski definition) is 5. The van der Waals surface area contributed by atoms with Crippen LogP contribution in [0.25, 0.3) is 0 Å². The molecular formula is C24H24N2O5. The molecule has 3 rings (SSSR count). The second-order valence-electron chi connectivity index (χ2n) is 7.04. The van der Waals surface area contributed by atoms with E-state index in [0.29, 0.717) is 11.3 Å². The smallest absolute Gasteiger partial charge is 0.355 e. The van der Waals surface area contributed by atoms with E-state index in [4.69, 9.17) is 9.47 Å². The number of aromatic nitrogens is 1. The lowest BCUT2D eigenvalue weighted by atomic mass is 9.98. The van der Waals surface area contributed by atoms with Crippen molar-refractivity contribution in [3.8, 4) is 5.75 Å². The largest absolute Gasteiger partial charge is 0.497 e. The summed E-state index contributed by atoms with van der Waals surface area (Å²) in [6, 6.07) is 17.9. The number of rotatable bonds is 8. The number of ether oxygens (including phenoxy) is 2. The minimum absolute atomic E-state index is 0.155. The average Bonchev–Trinajstić information content (AvgIpc) is 3.18. The van der Waals surface area contributed by atoms with Crippen LogP contribution in [0.3, 0.4) is 0 Å². The average molecular weight is 420 g/mol. The zero-order valence-corrected chi connectivity index (χ0v) is 17.6. The molecule has 1 aromatic heterocycles. The lowest BCUT2D eigenvalue weighted by Gasteiger charge is -2.20. The third-order valence-corrected chi connectivity index (χ3v) is 4.84. The van der Waals surface area contributed by atoms with Crippen molar-refractivity contribution in [2.24, 2.45) is 7.05 Å². The Morgan fingerprint density at radius 3 is 2.23 bits per heavy atom. The Kier molecular flexibility index (Phi) is 6.87. The first kappa shape index (κ1) is 21.8. The molecular weight excluding hydrogens is 396 g/mol. The van der Waals surface area contributed by atoms with E-state index in [-0.39, 0.29) is 11.5 Å². The summed E-state index contributed by atoms with van der Waals surface area (Å²) in [7, 11) is 3.23. The van der Waals surface area contributed by atoms with Gasteiger partial charge in [-0.15, -0.1) is 0 Å². The number of aryl methyl sites for hydroxylation is 1. The molecule has 7 heteroatoms. The van der Waals surface area contributed by atoms with Crippen molar-refractivity contribution in [3.63, 3.8) is 0 Å². The summed E-state index contributed by atoms with van der Waals surface area (Å²) in [5.74, 6) is -0.564. The fourth-order valence-electron chi connectivity index (χ4n) is 3.17. The SMILES string of the molecule is COc1ccc([C@@H](NC(=O)COC(=O)c2cc(C(C)=O)cn2C)c2ccccc2)cc1. The first-order chi connectivity index (χ1) is 14.9. The van der Waals surface area contributed by atoms with Gasteiger partial charge in [-0.1, -0.05) is 42.5 Å². The maximum atomic E-state index is 12.6. The Morgan fingerprint density at radius 1 is 1.00 bits per heavy atom. The van der Waals surface area contributed by atoms with E-state index in [1.165, 1.54) is 17.6 Å². The molecule has 0 saturated carbocycles. The van der Waals surface area contributed by atoms with Crippen molar-refractivity contribution < 1.29 is 23.9 Å². The molecule has 1 N–H and O–H groups in total. The zero-order valence-electron chi connectivity index (χ0n) is 17.6. The van der Waals surface area contributed by atoms with Gasteiger partial charge in [-0.3, -0.25) is 9.59 Å². The predicted octanol–water partition coefficient (Wildman–Crippen LogP) is 3.30. The number of nitrogens with one attached hydrogen (secondary N) is 1. The number of nitrogens with zero attached hydrogens (tertiary/aromatic N) is 1. The first-order valence-electron chi connectivity index (χ1n) is 9.71. The van der Waals surface area contributed by atoms with Crippen molar-refractivity contribution in [1.29, 1.82) is 0 Å². The number of ketones is 1. The van der Waals surface area contributed by atoms with Crippen LogP contribution in [-0.4, -0.2) is 35.9 Å². The van der Waals surface area contributed by atoms with Gasteiger partial charge in [0.1, 0.15) is 11.4 Å². The number of Topliss-reactive ketones (excluding diaryl/α,β-unsaturated/α-hetero) is 1. The Balaban J connectivity index is 1.70. The van der Waals surface area contributed by atoms with Crippen molar-refractivity contribution >= 4 is 17.7 Å². The molecule has 0 aliphatic carbocycles. The Labute approximate surface area is 180 Å². The lowest BCUT2D eigenvalue weighted by molar-refractivity contribution is -0.124. The number of amides is 1. The fourth-order valence-corrected chi connectivity index (χ4v) is 3.17. The second kappa shape index (κ2) is 9.75. The predicted molar refractivity (Wildman–Crippen MR) is 115 cm³/mol. The van der Waals surface area contributed by atoms with Crippen LogP contribution in [0.15, 0.2) is 66.9 Å². The molecule has 31 heavy (non-hydrogen) atoms. The van der Waals surface area contributed by atoms with Gasteiger partial charge < -0.3 is 19.4 Å². The van der Waals surface area contributed by atoms with Crippen molar-refractivity contribution in [3.05, 3.63) is 89.2 Å². The highest BCUT2D eigenvalue weighted by Crippen LogP contribution is 2.24. The van der Waals surface area contributed by atoms with Crippen LogP contribution in [-0.2, 0) is 16.6 Å². The standard InChI is InChI=1S/C24H24N2O5/c1-16(27)19-13-21(26(2)14-19)24(29)31-15-22(28)25-23(17-7-5-4-6-8-17)18-9-11-20(30-3)12-10-18/h4-14,23H,15H2,1-3H3,(H,25,28)/t23-/m0/s1. The van der Waals surface area contributed by atoms with Gasteiger partial charge >= 0.3 is 5.97 Å². The molecule has 1 atom stereocenters. The van der Waals surface area contributed by atoms with Crippen molar-refractivity contribution in [2.45, 2.75) is 13.0 Å². The molecule has 3 aromatic rings. The van der Waals surface area contributed by atoms with Crippen LogP contribution in [0.5, 0.6) is 5.75 Å². The summed E-state index contributed by atoms with van der Waals surface area (Å²) < 4.78 is 11.9. The highest BCUT2D eigenvalue weighted by Gasteiger charge is 2.20. The van der Waals surface area contributed by atoms with Gasteiger partial charge in [0.25, 0.3) is 5.91 Å². The number of carbonyl (C=O) groups is 3. The zero-order chi connectivity index (χ0) is 22.4. The second-order valence-corrected chi connectivity index (χ2v) is 7.04. The molecule has 0 unspecified atom stereocenters. The summed E-state index contributed by atoms with van der Waals surface area (Å²) >= 11 is 0. The topological polar surface area (TPSA) is 86.6 Å². The summed E-state index contributed by atoms with van der Waals surface area (Å²) in [4.78, 5) is 36.4. The van der Waals surface area contributed by atoms with E-state index in [1.807, 2.05) is 54.6 Å². The van der Waals surface area contributed by atoms with E-state index in [2.05, 4.69) is 5.32 Å². The number of hydrogen-bond donors (Lipinski definition) is 1. The van der Waals surface area contributed by atoms with Gasteiger partial charge in [-0.2, -0.15) is 0 Å². The third-order valence-electron chi connectivity index (χ3n) is 4.84. The Bertz CT molecular complexity index is 1070. The van der Waals surface area contributed by atoms with E-state index in [0.717, 1.165) is 11.1 Å². The maximum Gasteiger partial charge on any atom is 0.355 e. The molecule has 0 radical (unpaired) electrons. The molecule has 1 amide bonds. The van der Waals surface area contributed by atoms with Crippen molar-refractivity contribution in [1.82, 2.24) is 9.88 Å². The summed E-state index contributed by atoms with van der Waals surface area (Å²) in [5.41, 5.74) is 2.36. The van der Waals surface area contributed by atoms with E-state index < -0.39 is 24.5 Å². The maximum absolute atomic E-state index is 12.6. The molecule has 0 aliphatic rings. The highest BCUT2D eigenvalue weighted by atomic mass is 16.5. The van der Waals surface area contributed by atoms with E-state index in [1.54, 1.807) is 20.4 Å². The normalized spacial score (nSPS) is 11.5. The third kappa shape index (κ3) is 5.39. The molecule has 0 aliphatic heterocycles. The molecule has 0 bridgehead atoms. The molecule has 0 spiro atoms. The quantitative estimate of drug-likeness (QED) is 0.446. The van der Waals surface area contributed by atoms with Crippen LogP contribution in [0.2, 0.25) is 0 Å². The van der Waals surface area contributed by atoms with E-state index >= 15 is 0 Å². The van der Waals surface area contributed by atoms with E-state index in [9.17, 15) is 14.4 Å². The van der Waals surface area contributed by atoms with Gasteiger partial charge in [0.15, 0.2) is 12.4 Å².